The number of aryl methyl sites for hydroxylation is 1. The Labute approximate surface area is 151 Å². The topological polar surface area (TPSA) is 67.9 Å². The van der Waals surface area contributed by atoms with Crippen LogP contribution in [0, 0.1) is 12.7 Å². The second-order valence-electron chi connectivity index (χ2n) is 6.36. The molecule has 2 aromatic carbocycles. The lowest BCUT2D eigenvalue weighted by molar-refractivity contribution is 0.174. The number of hydrogen-bond acceptors (Lipinski definition) is 5. The minimum Gasteiger partial charge on any atom is -0.454 e. The summed E-state index contributed by atoms with van der Waals surface area (Å²) in [5.41, 5.74) is 1.21. The molecule has 0 aromatic heterocycles. The minimum absolute atomic E-state index is 0.0812. The number of nitrogens with one attached hydrogen (secondary N) is 1. The predicted octanol–water partition coefficient (Wildman–Crippen LogP) is 2.20. The summed E-state index contributed by atoms with van der Waals surface area (Å²) in [6, 6.07) is 8.78. The summed E-state index contributed by atoms with van der Waals surface area (Å²) in [4.78, 5) is 0.185. The van der Waals surface area contributed by atoms with Crippen molar-refractivity contribution in [1.82, 2.24) is 9.62 Å². The first-order valence-electron chi connectivity index (χ1n) is 8.35. The van der Waals surface area contributed by atoms with E-state index in [2.05, 4.69) is 5.32 Å². The van der Waals surface area contributed by atoms with Crippen molar-refractivity contribution in [3.63, 3.8) is 0 Å². The van der Waals surface area contributed by atoms with Crippen molar-refractivity contribution in [2.45, 2.75) is 17.9 Å². The summed E-state index contributed by atoms with van der Waals surface area (Å²) >= 11 is 0. The van der Waals surface area contributed by atoms with Gasteiger partial charge in [0.2, 0.25) is 16.8 Å². The van der Waals surface area contributed by atoms with Gasteiger partial charge in [-0.1, -0.05) is 12.1 Å². The van der Waals surface area contributed by atoms with Crippen molar-refractivity contribution >= 4 is 10.0 Å². The number of nitrogens with zero attached hydrogens (tertiary/aromatic N) is 1. The lowest BCUT2D eigenvalue weighted by Crippen LogP contribution is -2.48. The maximum atomic E-state index is 13.7. The van der Waals surface area contributed by atoms with E-state index in [1.807, 2.05) is 0 Å². The Kier molecular flexibility index (Phi) is 4.34. The highest BCUT2D eigenvalue weighted by molar-refractivity contribution is 7.89. The second-order valence-corrected chi connectivity index (χ2v) is 8.22. The molecule has 0 saturated carbocycles. The van der Waals surface area contributed by atoms with Crippen molar-refractivity contribution in [3.05, 3.63) is 53.3 Å². The van der Waals surface area contributed by atoms with Gasteiger partial charge in [0.25, 0.3) is 0 Å². The Bertz CT molecular complexity index is 948. The average Bonchev–Trinajstić information content (AvgIpc) is 3.08. The van der Waals surface area contributed by atoms with Gasteiger partial charge >= 0.3 is 0 Å². The van der Waals surface area contributed by atoms with E-state index in [-0.39, 0.29) is 17.5 Å². The maximum absolute atomic E-state index is 13.7. The third-order valence-electron chi connectivity index (χ3n) is 4.68. The molecule has 138 valence electrons. The van der Waals surface area contributed by atoms with Gasteiger partial charge in [-0.2, -0.15) is 4.31 Å². The van der Waals surface area contributed by atoms with Gasteiger partial charge in [-0.25, -0.2) is 12.8 Å². The van der Waals surface area contributed by atoms with E-state index < -0.39 is 16.1 Å². The molecule has 2 aromatic rings. The lowest BCUT2D eigenvalue weighted by Gasteiger charge is -2.35. The fourth-order valence-electron chi connectivity index (χ4n) is 3.40. The molecule has 0 radical (unpaired) electrons. The second kappa shape index (κ2) is 6.53. The zero-order valence-corrected chi connectivity index (χ0v) is 15.1. The van der Waals surface area contributed by atoms with Gasteiger partial charge in [0.15, 0.2) is 11.5 Å². The molecule has 1 saturated heterocycles. The molecule has 1 N–H and O–H groups in total. The largest absolute Gasteiger partial charge is 0.454 e. The monoisotopic (exact) mass is 378 g/mol. The smallest absolute Gasteiger partial charge is 0.244 e. The summed E-state index contributed by atoms with van der Waals surface area (Å²) in [6.45, 7) is 3.07. The summed E-state index contributed by atoms with van der Waals surface area (Å²) in [5.74, 6) is 0.583. The SMILES string of the molecule is Cc1cc2c(cc1S(=O)(=O)N1CCNCC1c1cccc(F)c1)OCO2. The summed E-state index contributed by atoms with van der Waals surface area (Å²) in [6.07, 6.45) is 0. The standard InChI is InChI=1S/C18H19FN2O4S/c1-12-7-16-17(25-11-24-16)9-18(12)26(22,23)21-6-5-20-10-15(21)13-3-2-4-14(19)8-13/h2-4,7-9,15,20H,5-6,10-11H2,1H3. The molecule has 2 aliphatic heterocycles. The molecule has 0 bridgehead atoms. The van der Waals surface area contributed by atoms with Crippen molar-refractivity contribution < 1.29 is 22.3 Å². The molecule has 1 fully saturated rings. The van der Waals surface area contributed by atoms with E-state index in [0.29, 0.717) is 42.3 Å². The molecule has 4 rings (SSSR count). The third-order valence-corrected chi connectivity index (χ3v) is 6.73. The van der Waals surface area contributed by atoms with Crippen LogP contribution in [0.3, 0.4) is 0 Å². The molecule has 2 aliphatic rings. The first-order chi connectivity index (χ1) is 12.5. The van der Waals surface area contributed by atoms with Gasteiger partial charge in [-0.05, 0) is 36.2 Å². The molecule has 26 heavy (non-hydrogen) atoms. The van der Waals surface area contributed by atoms with Crippen molar-refractivity contribution in [2.75, 3.05) is 26.4 Å². The van der Waals surface area contributed by atoms with Gasteiger partial charge in [0.1, 0.15) is 5.82 Å². The lowest BCUT2D eigenvalue weighted by atomic mass is 10.1. The fraction of sp³-hybridized carbons (Fsp3) is 0.333. The number of rotatable bonds is 3. The molecule has 2 heterocycles. The number of halogens is 1. The number of ether oxygens (including phenoxy) is 2. The third kappa shape index (κ3) is 2.94. The van der Waals surface area contributed by atoms with Crippen LogP contribution in [0.2, 0.25) is 0 Å². The number of hydrogen-bond donors (Lipinski definition) is 1. The first-order valence-corrected chi connectivity index (χ1v) is 9.79. The van der Waals surface area contributed by atoms with Crippen LogP contribution in [-0.2, 0) is 10.0 Å². The van der Waals surface area contributed by atoms with Crippen molar-refractivity contribution in [2.24, 2.45) is 0 Å². The van der Waals surface area contributed by atoms with Crippen LogP contribution in [0.25, 0.3) is 0 Å². The van der Waals surface area contributed by atoms with Gasteiger partial charge < -0.3 is 14.8 Å². The molecule has 1 atom stereocenters. The summed E-state index contributed by atoms with van der Waals surface area (Å²) in [7, 11) is -3.79. The predicted molar refractivity (Wildman–Crippen MR) is 93.2 cm³/mol. The number of piperazine rings is 1. The minimum atomic E-state index is -3.79. The quantitative estimate of drug-likeness (QED) is 0.887. The van der Waals surface area contributed by atoms with E-state index in [1.165, 1.54) is 22.5 Å². The molecule has 0 aliphatic carbocycles. The number of fused-ring (bicyclic) bond motifs is 1. The van der Waals surface area contributed by atoms with Crippen LogP contribution in [0.1, 0.15) is 17.2 Å². The fourth-order valence-corrected chi connectivity index (χ4v) is 5.24. The van der Waals surface area contributed by atoms with Crippen LogP contribution in [0.15, 0.2) is 41.3 Å². The van der Waals surface area contributed by atoms with E-state index in [9.17, 15) is 12.8 Å². The first kappa shape index (κ1) is 17.3. The molecule has 1 unspecified atom stereocenters. The van der Waals surface area contributed by atoms with E-state index in [0.717, 1.165) is 0 Å². The summed E-state index contributed by atoms with van der Waals surface area (Å²) in [5, 5.41) is 3.19. The Morgan fingerprint density at radius 1 is 1.19 bits per heavy atom. The summed E-state index contributed by atoms with van der Waals surface area (Å²) < 4.78 is 52.5. The van der Waals surface area contributed by atoms with Crippen LogP contribution in [0.4, 0.5) is 4.39 Å². The van der Waals surface area contributed by atoms with Crippen LogP contribution in [0.5, 0.6) is 11.5 Å². The Balaban J connectivity index is 1.76. The normalized spacial score (nSPS) is 20.3. The van der Waals surface area contributed by atoms with Gasteiger partial charge in [-0.15, -0.1) is 0 Å². The van der Waals surface area contributed by atoms with Gasteiger partial charge in [0, 0.05) is 25.7 Å². The maximum Gasteiger partial charge on any atom is 0.244 e. The Hall–Kier alpha value is -2.16. The van der Waals surface area contributed by atoms with Gasteiger partial charge in [0.05, 0.1) is 10.9 Å². The van der Waals surface area contributed by atoms with Crippen LogP contribution >= 0.6 is 0 Å². The molecule has 0 spiro atoms. The molecular formula is C18H19FN2O4S. The van der Waals surface area contributed by atoms with Crippen LogP contribution < -0.4 is 14.8 Å². The van der Waals surface area contributed by atoms with E-state index in [4.69, 9.17) is 9.47 Å². The van der Waals surface area contributed by atoms with Crippen LogP contribution in [-0.4, -0.2) is 39.2 Å². The van der Waals surface area contributed by atoms with Gasteiger partial charge in [-0.3, -0.25) is 0 Å². The molecule has 0 amide bonds. The van der Waals surface area contributed by atoms with E-state index >= 15 is 0 Å². The average molecular weight is 378 g/mol. The highest BCUT2D eigenvalue weighted by Gasteiger charge is 2.36. The van der Waals surface area contributed by atoms with Crippen molar-refractivity contribution in [1.29, 1.82) is 0 Å². The number of sulfonamides is 1. The highest BCUT2D eigenvalue weighted by atomic mass is 32.2. The molecule has 8 heteroatoms. The molecule has 6 nitrogen and oxygen atoms in total. The molecular weight excluding hydrogens is 359 g/mol. The Morgan fingerprint density at radius 3 is 2.73 bits per heavy atom. The van der Waals surface area contributed by atoms with E-state index in [1.54, 1.807) is 25.1 Å². The highest BCUT2D eigenvalue weighted by Crippen LogP contribution is 2.38. The van der Waals surface area contributed by atoms with Crippen molar-refractivity contribution in [3.8, 4) is 11.5 Å². The zero-order chi connectivity index (χ0) is 18.3. The zero-order valence-electron chi connectivity index (χ0n) is 14.2. The Morgan fingerprint density at radius 2 is 1.96 bits per heavy atom. The number of benzene rings is 2.